The number of carbonyl (C=O) groups is 2. The average molecular weight is 579 g/mol. The third-order valence-corrected chi connectivity index (χ3v) is 5.39. The Labute approximate surface area is 206 Å². The molecule has 0 unspecified atom stereocenters. The number of hydrogen-bond donors (Lipinski definition) is 2. The summed E-state index contributed by atoms with van der Waals surface area (Å²) in [7, 11) is 1.47. The monoisotopic (exact) mass is 577 g/mol. The number of rotatable bonds is 7. The Kier molecular flexibility index (Phi) is 8.56. The topological polar surface area (TPSA) is 89.0 Å². The predicted octanol–water partition coefficient (Wildman–Crippen LogP) is 5.03. The van der Waals surface area contributed by atoms with E-state index < -0.39 is 11.8 Å². The van der Waals surface area contributed by atoms with Gasteiger partial charge in [-0.15, -0.1) is 0 Å². The summed E-state index contributed by atoms with van der Waals surface area (Å²) in [5.74, 6) is -1.39. The number of hydrazone groups is 1. The largest absolute Gasteiger partial charge is 0.493 e. The van der Waals surface area contributed by atoms with Gasteiger partial charge in [0.05, 0.1) is 17.8 Å². The zero-order valence-corrected chi connectivity index (χ0v) is 20.4. The van der Waals surface area contributed by atoms with E-state index in [9.17, 15) is 14.0 Å². The maximum absolute atomic E-state index is 13.8. The van der Waals surface area contributed by atoms with Crippen molar-refractivity contribution in [3.8, 4) is 11.5 Å². The first-order chi connectivity index (χ1) is 15.9. The molecule has 0 aliphatic rings. The van der Waals surface area contributed by atoms with Gasteiger partial charge >= 0.3 is 11.8 Å². The molecule has 0 aromatic heterocycles. The van der Waals surface area contributed by atoms with Crippen LogP contribution in [0, 0.1) is 5.82 Å². The van der Waals surface area contributed by atoms with Crippen molar-refractivity contribution in [2.45, 2.75) is 6.61 Å². The fourth-order valence-corrected chi connectivity index (χ4v) is 3.50. The number of carbonyl (C=O) groups excluding carboxylic acids is 2. The van der Waals surface area contributed by atoms with Gasteiger partial charge in [-0.1, -0.05) is 34.1 Å². The quantitative estimate of drug-likeness (QED) is 0.234. The molecule has 33 heavy (non-hydrogen) atoms. The second kappa shape index (κ2) is 11.6. The minimum atomic E-state index is -0.926. The van der Waals surface area contributed by atoms with Crippen LogP contribution in [0.2, 0.25) is 0 Å². The smallest absolute Gasteiger partial charge is 0.329 e. The maximum atomic E-state index is 13.8. The van der Waals surface area contributed by atoms with E-state index in [1.807, 2.05) is 0 Å². The van der Waals surface area contributed by atoms with Crippen LogP contribution in [0.15, 0.2) is 74.7 Å². The molecule has 3 aromatic rings. The van der Waals surface area contributed by atoms with Crippen LogP contribution in [0.1, 0.15) is 11.1 Å². The SMILES string of the molecule is COc1cc(/C=N/NC(=O)C(=O)Nc2ccc(Br)cc2)cc(Br)c1OCc1ccccc1F. The highest BCUT2D eigenvalue weighted by Crippen LogP contribution is 2.37. The van der Waals surface area contributed by atoms with Gasteiger partial charge in [0.1, 0.15) is 12.4 Å². The Hall–Kier alpha value is -3.24. The molecule has 0 heterocycles. The van der Waals surface area contributed by atoms with Crippen molar-refractivity contribution >= 4 is 55.6 Å². The number of hydrogen-bond acceptors (Lipinski definition) is 5. The lowest BCUT2D eigenvalue weighted by Gasteiger charge is -2.14. The molecular formula is C23H18Br2FN3O4. The van der Waals surface area contributed by atoms with Crippen LogP contribution in [-0.2, 0) is 16.2 Å². The van der Waals surface area contributed by atoms with E-state index >= 15 is 0 Å². The number of anilines is 1. The first-order valence-electron chi connectivity index (χ1n) is 9.51. The summed E-state index contributed by atoms with van der Waals surface area (Å²) in [5.41, 5.74) is 3.61. The zero-order valence-electron chi connectivity index (χ0n) is 17.3. The molecule has 0 saturated heterocycles. The van der Waals surface area contributed by atoms with Crippen LogP contribution in [0.25, 0.3) is 0 Å². The molecule has 2 amide bonds. The number of nitrogens with zero attached hydrogens (tertiary/aromatic N) is 1. The van der Waals surface area contributed by atoms with Gasteiger partial charge in [0.2, 0.25) is 0 Å². The minimum Gasteiger partial charge on any atom is -0.493 e. The van der Waals surface area contributed by atoms with Crippen molar-refractivity contribution in [2.24, 2.45) is 5.10 Å². The van der Waals surface area contributed by atoms with Crippen molar-refractivity contribution in [1.29, 1.82) is 0 Å². The van der Waals surface area contributed by atoms with Gasteiger partial charge in [0.15, 0.2) is 11.5 Å². The number of ether oxygens (including phenoxy) is 2. The summed E-state index contributed by atoms with van der Waals surface area (Å²) >= 11 is 6.69. The second-order valence-electron chi connectivity index (χ2n) is 6.57. The lowest BCUT2D eigenvalue weighted by Crippen LogP contribution is -2.32. The third kappa shape index (κ3) is 6.87. The van der Waals surface area contributed by atoms with Crippen LogP contribution in [0.3, 0.4) is 0 Å². The molecular weight excluding hydrogens is 561 g/mol. The summed E-state index contributed by atoms with van der Waals surface area (Å²) in [6.45, 7) is 0.0125. The molecule has 0 fully saturated rings. The summed E-state index contributed by atoms with van der Waals surface area (Å²) in [5, 5.41) is 6.28. The van der Waals surface area contributed by atoms with Crippen molar-refractivity contribution in [2.75, 3.05) is 12.4 Å². The third-order valence-electron chi connectivity index (χ3n) is 4.27. The molecule has 0 bridgehead atoms. The molecule has 0 radical (unpaired) electrons. The molecule has 10 heteroatoms. The highest BCUT2D eigenvalue weighted by atomic mass is 79.9. The van der Waals surface area contributed by atoms with E-state index in [0.717, 1.165) is 4.47 Å². The van der Waals surface area contributed by atoms with Gasteiger partial charge in [0.25, 0.3) is 0 Å². The van der Waals surface area contributed by atoms with Gasteiger partial charge in [-0.25, -0.2) is 9.82 Å². The summed E-state index contributed by atoms with van der Waals surface area (Å²) < 4.78 is 26.3. The van der Waals surface area contributed by atoms with Crippen LogP contribution in [-0.4, -0.2) is 25.1 Å². The molecule has 2 N–H and O–H groups in total. The average Bonchev–Trinajstić information content (AvgIpc) is 2.80. The fourth-order valence-electron chi connectivity index (χ4n) is 2.66. The van der Waals surface area contributed by atoms with Crippen molar-refractivity contribution in [1.82, 2.24) is 5.43 Å². The minimum absolute atomic E-state index is 0.0125. The van der Waals surface area contributed by atoms with Crippen LogP contribution in [0.5, 0.6) is 11.5 Å². The van der Waals surface area contributed by atoms with Crippen LogP contribution >= 0.6 is 31.9 Å². The molecule has 0 aliphatic heterocycles. The zero-order chi connectivity index (χ0) is 23.8. The van der Waals surface area contributed by atoms with Gasteiger partial charge in [-0.2, -0.15) is 5.10 Å². The Morgan fingerprint density at radius 1 is 1.06 bits per heavy atom. The number of halogens is 3. The summed E-state index contributed by atoms with van der Waals surface area (Å²) in [4.78, 5) is 23.9. The van der Waals surface area contributed by atoms with E-state index in [4.69, 9.17) is 9.47 Å². The molecule has 0 saturated carbocycles. The lowest BCUT2D eigenvalue weighted by molar-refractivity contribution is -0.136. The lowest BCUT2D eigenvalue weighted by atomic mass is 10.2. The summed E-state index contributed by atoms with van der Waals surface area (Å²) in [6.07, 6.45) is 1.35. The van der Waals surface area contributed by atoms with Crippen molar-refractivity contribution in [3.63, 3.8) is 0 Å². The normalized spacial score (nSPS) is 10.7. The molecule has 170 valence electrons. The van der Waals surface area contributed by atoms with E-state index in [0.29, 0.717) is 32.8 Å². The van der Waals surface area contributed by atoms with E-state index in [1.165, 1.54) is 19.4 Å². The predicted molar refractivity (Wildman–Crippen MR) is 130 cm³/mol. The Bertz CT molecular complexity index is 1190. The summed E-state index contributed by atoms with van der Waals surface area (Å²) in [6, 6.07) is 16.4. The highest BCUT2D eigenvalue weighted by Gasteiger charge is 2.14. The molecule has 7 nitrogen and oxygen atoms in total. The van der Waals surface area contributed by atoms with E-state index in [1.54, 1.807) is 54.6 Å². The molecule has 3 rings (SSSR count). The molecule has 0 aliphatic carbocycles. The Balaban J connectivity index is 1.62. The number of methoxy groups -OCH3 is 1. The first-order valence-corrected chi connectivity index (χ1v) is 11.1. The standard InChI is InChI=1S/C23H18Br2FN3O4/c1-32-20-11-14(10-18(25)21(20)33-13-15-4-2-3-5-19(15)26)12-27-29-23(31)22(30)28-17-8-6-16(24)7-9-17/h2-12H,13H2,1H3,(H,28,30)(H,29,31)/b27-12+. The fraction of sp³-hybridized carbons (Fsp3) is 0.0870. The van der Waals surface area contributed by atoms with E-state index in [2.05, 4.69) is 47.7 Å². The van der Waals surface area contributed by atoms with Crippen LogP contribution in [0.4, 0.5) is 10.1 Å². The van der Waals surface area contributed by atoms with Gasteiger partial charge in [-0.3, -0.25) is 9.59 Å². The van der Waals surface area contributed by atoms with Crippen molar-refractivity contribution < 1.29 is 23.5 Å². The second-order valence-corrected chi connectivity index (χ2v) is 8.34. The Morgan fingerprint density at radius 3 is 2.48 bits per heavy atom. The van der Waals surface area contributed by atoms with Gasteiger partial charge in [0, 0.05) is 15.7 Å². The van der Waals surface area contributed by atoms with Gasteiger partial charge in [-0.05, 0) is 64.0 Å². The number of benzene rings is 3. The first kappa shape index (κ1) is 24.4. The Morgan fingerprint density at radius 2 is 1.79 bits per heavy atom. The van der Waals surface area contributed by atoms with Gasteiger partial charge < -0.3 is 14.8 Å². The molecule has 3 aromatic carbocycles. The van der Waals surface area contributed by atoms with E-state index in [-0.39, 0.29) is 12.4 Å². The highest BCUT2D eigenvalue weighted by molar-refractivity contribution is 9.10. The number of nitrogens with one attached hydrogen (secondary N) is 2. The maximum Gasteiger partial charge on any atom is 0.329 e. The number of amides is 2. The molecule has 0 atom stereocenters. The van der Waals surface area contributed by atoms with Crippen molar-refractivity contribution in [3.05, 3.63) is 86.6 Å². The van der Waals surface area contributed by atoms with Crippen LogP contribution < -0.4 is 20.2 Å². The molecule has 0 spiro atoms.